The van der Waals surface area contributed by atoms with Crippen molar-refractivity contribution in [2.75, 3.05) is 18.0 Å². The molecule has 2 nitrogen and oxygen atoms in total. The molecule has 0 spiro atoms. The van der Waals surface area contributed by atoms with E-state index in [0.29, 0.717) is 5.92 Å². The van der Waals surface area contributed by atoms with Crippen molar-refractivity contribution < 1.29 is 17.9 Å². The second kappa shape index (κ2) is 7.78. The molecule has 1 fully saturated rings. The number of hydrogen-bond acceptors (Lipinski definition) is 2. The number of benzene rings is 2. The van der Waals surface area contributed by atoms with Gasteiger partial charge in [-0.25, -0.2) is 0 Å². The SMILES string of the molecule is CC(c1ccc(OC(F)(F)F)cc1)C1CCCN(c2ccc(Cl)cc2)C1. The summed E-state index contributed by atoms with van der Waals surface area (Å²) in [5, 5.41) is 0.719. The fourth-order valence-electron chi connectivity index (χ4n) is 3.55. The zero-order chi connectivity index (χ0) is 18.7. The van der Waals surface area contributed by atoms with E-state index in [4.69, 9.17) is 11.6 Å². The monoisotopic (exact) mass is 383 g/mol. The molecule has 0 bridgehead atoms. The summed E-state index contributed by atoms with van der Waals surface area (Å²) < 4.78 is 40.8. The fourth-order valence-corrected chi connectivity index (χ4v) is 3.68. The molecule has 0 aliphatic carbocycles. The Morgan fingerprint density at radius 2 is 1.73 bits per heavy atom. The first-order valence-corrected chi connectivity index (χ1v) is 9.06. The summed E-state index contributed by atoms with van der Waals surface area (Å²) in [6, 6.07) is 14.1. The highest BCUT2D eigenvalue weighted by Gasteiger charge is 2.31. The maximum Gasteiger partial charge on any atom is 0.573 e. The van der Waals surface area contributed by atoms with E-state index in [9.17, 15) is 13.2 Å². The third kappa shape index (κ3) is 4.85. The Labute approximate surface area is 156 Å². The molecule has 2 unspecified atom stereocenters. The minimum atomic E-state index is -4.66. The minimum Gasteiger partial charge on any atom is -0.406 e. The number of anilines is 1. The van der Waals surface area contributed by atoms with E-state index < -0.39 is 6.36 Å². The number of rotatable bonds is 4. The van der Waals surface area contributed by atoms with Crippen molar-refractivity contribution in [3.8, 4) is 5.75 Å². The van der Waals surface area contributed by atoms with Crippen molar-refractivity contribution in [2.24, 2.45) is 5.92 Å². The Bertz CT molecular complexity index is 715. The van der Waals surface area contributed by atoms with E-state index in [1.807, 2.05) is 24.3 Å². The zero-order valence-electron chi connectivity index (χ0n) is 14.5. The van der Waals surface area contributed by atoms with E-state index in [1.165, 1.54) is 12.1 Å². The molecule has 0 radical (unpaired) electrons. The van der Waals surface area contributed by atoms with Crippen LogP contribution in [0.1, 0.15) is 31.2 Å². The zero-order valence-corrected chi connectivity index (χ0v) is 15.2. The molecule has 1 aliphatic heterocycles. The highest BCUT2D eigenvalue weighted by atomic mass is 35.5. The van der Waals surface area contributed by atoms with E-state index in [2.05, 4.69) is 16.6 Å². The molecular formula is C20H21ClF3NO. The molecule has 140 valence electrons. The average Bonchev–Trinajstić information content (AvgIpc) is 2.61. The summed E-state index contributed by atoms with van der Waals surface area (Å²) in [7, 11) is 0. The van der Waals surface area contributed by atoms with Crippen LogP contribution in [-0.2, 0) is 0 Å². The van der Waals surface area contributed by atoms with Crippen molar-refractivity contribution in [1.29, 1.82) is 0 Å². The van der Waals surface area contributed by atoms with E-state index >= 15 is 0 Å². The summed E-state index contributed by atoms with van der Waals surface area (Å²) >= 11 is 5.96. The number of halogens is 4. The van der Waals surface area contributed by atoms with E-state index in [-0.39, 0.29) is 11.7 Å². The van der Waals surface area contributed by atoms with Gasteiger partial charge in [-0.15, -0.1) is 13.2 Å². The van der Waals surface area contributed by atoms with Gasteiger partial charge in [-0.2, -0.15) is 0 Å². The molecule has 2 aromatic rings. The predicted molar refractivity (Wildman–Crippen MR) is 97.9 cm³/mol. The summed E-state index contributed by atoms with van der Waals surface area (Å²) in [6.45, 7) is 4.06. The molecule has 1 aliphatic rings. The third-order valence-electron chi connectivity index (χ3n) is 5.00. The van der Waals surface area contributed by atoms with Gasteiger partial charge in [0.25, 0.3) is 0 Å². The molecule has 3 rings (SSSR count). The second-order valence-corrected chi connectivity index (χ2v) is 7.17. The maximum atomic E-state index is 12.3. The van der Waals surface area contributed by atoms with Gasteiger partial charge in [0.1, 0.15) is 5.75 Å². The van der Waals surface area contributed by atoms with Crippen LogP contribution in [0.3, 0.4) is 0 Å². The molecule has 2 atom stereocenters. The van der Waals surface area contributed by atoms with Crippen molar-refractivity contribution >= 4 is 17.3 Å². The summed E-state index contributed by atoms with van der Waals surface area (Å²) in [5.41, 5.74) is 2.18. The smallest absolute Gasteiger partial charge is 0.406 e. The maximum absolute atomic E-state index is 12.3. The van der Waals surface area contributed by atoms with Crippen molar-refractivity contribution in [3.63, 3.8) is 0 Å². The summed E-state index contributed by atoms with van der Waals surface area (Å²) in [5.74, 6) is 0.513. The van der Waals surface area contributed by atoms with Gasteiger partial charge in [0.2, 0.25) is 0 Å². The standard InChI is InChI=1S/C20H21ClF3NO/c1-14(15-4-10-19(11-5-15)26-20(22,23)24)16-3-2-12-25(13-16)18-8-6-17(21)7-9-18/h4-11,14,16H,2-3,12-13H2,1H3. The van der Waals surface area contributed by atoms with Crippen LogP contribution in [-0.4, -0.2) is 19.5 Å². The molecule has 0 N–H and O–H groups in total. The number of nitrogens with zero attached hydrogens (tertiary/aromatic N) is 1. The lowest BCUT2D eigenvalue weighted by Crippen LogP contribution is -2.37. The molecule has 2 aromatic carbocycles. The minimum absolute atomic E-state index is 0.181. The first-order valence-electron chi connectivity index (χ1n) is 8.68. The lowest BCUT2D eigenvalue weighted by atomic mass is 9.82. The molecule has 0 aromatic heterocycles. The van der Waals surface area contributed by atoms with E-state index in [0.717, 1.165) is 42.2 Å². The van der Waals surface area contributed by atoms with Crippen molar-refractivity contribution in [2.45, 2.75) is 32.0 Å². The highest BCUT2D eigenvalue weighted by Crippen LogP contribution is 2.34. The first kappa shape index (κ1) is 18.9. The molecular weight excluding hydrogens is 363 g/mol. The van der Waals surface area contributed by atoms with E-state index in [1.54, 1.807) is 12.1 Å². The van der Waals surface area contributed by atoms with Crippen LogP contribution >= 0.6 is 11.6 Å². The van der Waals surface area contributed by atoms with Gasteiger partial charge in [0.15, 0.2) is 0 Å². The van der Waals surface area contributed by atoms with Gasteiger partial charge in [-0.1, -0.05) is 30.7 Å². The Morgan fingerprint density at radius 3 is 2.35 bits per heavy atom. The molecule has 0 amide bonds. The van der Waals surface area contributed by atoms with Gasteiger partial charge in [0, 0.05) is 23.8 Å². The van der Waals surface area contributed by atoms with Crippen LogP contribution in [0.2, 0.25) is 5.02 Å². The first-order chi connectivity index (χ1) is 12.3. The van der Waals surface area contributed by atoms with Crippen LogP contribution in [0.5, 0.6) is 5.75 Å². The summed E-state index contributed by atoms with van der Waals surface area (Å²) in [4.78, 5) is 2.35. The van der Waals surface area contributed by atoms with Crippen LogP contribution < -0.4 is 9.64 Å². The largest absolute Gasteiger partial charge is 0.573 e. The number of alkyl halides is 3. The Hall–Kier alpha value is -1.88. The molecule has 1 heterocycles. The van der Waals surface area contributed by atoms with Crippen LogP contribution in [0.25, 0.3) is 0 Å². The lowest BCUT2D eigenvalue weighted by molar-refractivity contribution is -0.274. The average molecular weight is 384 g/mol. The molecule has 0 saturated carbocycles. The van der Waals surface area contributed by atoms with Gasteiger partial charge < -0.3 is 9.64 Å². The third-order valence-corrected chi connectivity index (χ3v) is 5.25. The molecule has 26 heavy (non-hydrogen) atoms. The predicted octanol–water partition coefficient (Wildman–Crippen LogP) is 6.26. The van der Waals surface area contributed by atoms with Gasteiger partial charge in [0.05, 0.1) is 0 Å². The van der Waals surface area contributed by atoms with Crippen LogP contribution in [0.15, 0.2) is 48.5 Å². The molecule has 1 saturated heterocycles. The quantitative estimate of drug-likeness (QED) is 0.618. The number of hydrogen-bond donors (Lipinski definition) is 0. The normalized spacial score (nSPS) is 19.3. The van der Waals surface area contributed by atoms with Gasteiger partial charge >= 0.3 is 6.36 Å². The topological polar surface area (TPSA) is 12.5 Å². The van der Waals surface area contributed by atoms with Crippen molar-refractivity contribution in [3.05, 3.63) is 59.1 Å². The second-order valence-electron chi connectivity index (χ2n) is 6.73. The Kier molecular flexibility index (Phi) is 5.66. The van der Waals surface area contributed by atoms with Crippen molar-refractivity contribution in [1.82, 2.24) is 0 Å². The van der Waals surface area contributed by atoms with Crippen LogP contribution in [0.4, 0.5) is 18.9 Å². The lowest BCUT2D eigenvalue weighted by Gasteiger charge is -2.37. The van der Waals surface area contributed by atoms with Gasteiger partial charge in [-0.05, 0) is 66.6 Å². The van der Waals surface area contributed by atoms with Crippen LogP contribution in [0, 0.1) is 5.92 Å². The highest BCUT2D eigenvalue weighted by molar-refractivity contribution is 6.30. The molecule has 6 heteroatoms. The number of piperidine rings is 1. The van der Waals surface area contributed by atoms with Gasteiger partial charge in [-0.3, -0.25) is 0 Å². The Balaban J connectivity index is 1.67. The number of ether oxygens (including phenoxy) is 1. The summed E-state index contributed by atoms with van der Waals surface area (Å²) in [6.07, 6.45) is -2.46. The fraction of sp³-hybridized carbons (Fsp3) is 0.400. The Morgan fingerprint density at radius 1 is 1.08 bits per heavy atom.